The third kappa shape index (κ3) is 2.76. The molecule has 3 aromatic rings. The maximum atomic E-state index is 11.7. The first-order valence-corrected chi connectivity index (χ1v) is 6.98. The number of aromatic nitrogens is 2. The number of nitrogens with zero attached hydrogens (tertiary/aromatic N) is 1. The van der Waals surface area contributed by atoms with E-state index in [1.807, 2.05) is 55.5 Å². The molecular weight excluding hydrogens is 276 g/mol. The number of aryl methyl sites for hydroxylation is 1. The highest BCUT2D eigenvalue weighted by molar-refractivity contribution is 5.80. The lowest BCUT2D eigenvalue weighted by Gasteiger charge is -2.09. The highest BCUT2D eigenvalue weighted by Crippen LogP contribution is 2.30. The van der Waals surface area contributed by atoms with Gasteiger partial charge in [-0.05, 0) is 24.6 Å². The summed E-state index contributed by atoms with van der Waals surface area (Å²) in [5.41, 5.74) is 4.41. The molecule has 0 spiro atoms. The van der Waals surface area contributed by atoms with Gasteiger partial charge in [0.1, 0.15) is 5.75 Å². The molecule has 1 heterocycles. The number of benzene rings is 2. The molecule has 4 heteroatoms. The fraction of sp³-hybridized carbons (Fsp3) is 0.111. The highest BCUT2D eigenvalue weighted by atomic mass is 16.5. The molecule has 0 aliphatic carbocycles. The fourth-order valence-corrected chi connectivity index (χ4v) is 2.33. The molecule has 0 unspecified atom stereocenters. The number of methoxy groups -OCH3 is 1. The third-order valence-corrected chi connectivity index (χ3v) is 3.53. The molecule has 0 fully saturated rings. The molecule has 0 saturated carbocycles. The van der Waals surface area contributed by atoms with E-state index in [9.17, 15) is 4.79 Å². The van der Waals surface area contributed by atoms with E-state index < -0.39 is 0 Å². The Morgan fingerprint density at radius 2 is 1.59 bits per heavy atom. The highest BCUT2D eigenvalue weighted by Gasteiger charge is 2.10. The largest absolute Gasteiger partial charge is 0.497 e. The van der Waals surface area contributed by atoms with Gasteiger partial charge in [-0.1, -0.05) is 42.0 Å². The van der Waals surface area contributed by atoms with Crippen molar-refractivity contribution in [2.24, 2.45) is 0 Å². The zero-order valence-electron chi connectivity index (χ0n) is 12.5. The maximum absolute atomic E-state index is 11.7. The Kier molecular flexibility index (Phi) is 3.74. The number of rotatable bonds is 3. The second kappa shape index (κ2) is 5.85. The van der Waals surface area contributed by atoms with Gasteiger partial charge in [0.25, 0.3) is 5.56 Å². The standard InChI is InChI=1S/C18H16N2O2/c1-12-3-5-14(6-4-12)18-16(11-17(21)19-20-18)13-7-9-15(22-2)10-8-13/h3-11H,1-2H3,(H,19,21). The van der Waals surface area contributed by atoms with Gasteiger partial charge in [0, 0.05) is 17.2 Å². The molecule has 110 valence electrons. The smallest absolute Gasteiger partial charge is 0.264 e. The van der Waals surface area contributed by atoms with E-state index in [1.54, 1.807) is 13.2 Å². The van der Waals surface area contributed by atoms with Gasteiger partial charge in [-0.3, -0.25) is 4.79 Å². The first kappa shape index (κ1) is 14.1. The van der Waals surface area contributed by atoms with E-state index in [1.165, 1.54) is 5.56 Å². The van der Waals surface area contributed by atoms with Gasteiger partial charge in [0.2, 0.25) is 0 Å². The van der Waals surface area contributed by atoms with Gasteiger partial charge in [-0.2, -0.15) is 5.10 Å². The van der Waals surface area contributed by atoms with Crippen molar-refractivity contribution in [3.05, 3.63) is 70.5 Å². The Labute approximate surface area is 128 Å². The lowest BCUT2D eigenvalue weighted by Crippen LogP contribution is -2.08. The van der Waals surface area contributed by atoms with E-state index in [2.05, 4.69) is 10.2 Å². The minimum absolute atomic E-state index is 0.221. The zero-order chi connectivity index (χ0) is 15.5. The topological polar surface area (TPSA) is 55.0 Å². The molecule has 0 saturated heterocycles. The van der Waals surface area contributed by atoms with Crippen LogP contribution in [-0.2, 0) is 0 Å². The first-order chi connectivity index (χ1) is 10.7. The third-order valence-electron chi connectivity index (χ3n) is 3.53. The second-order valence-electron chi connectivity index (χ2n) is 5.09. The van der Waals surface area contributed by atoms with Gasteiger partial charge < -0.3 is 4.74 Å². The number of H-pyrrole nitrogens is 1. The predicted molar refractivity (Wildman–Crippen MR) is 87.0 cm³/mol. The van der Waals surface area contributed by atoms with Crippen LogP contribution in [0.15, 0.2) is 59.4 Å². The van der Waals surface area contributed by atoms with Crippen LogP contribution >= 0.6 is 0 Å². The van der Waals surface area contributed by atoms with Crippen molar-refractivity contribution in [2.45, 2.75) is 6.92 Å². The van der Waals surface area contributed by atoms with Gasteiger partial charge in [-0.25, -0.2) is 5.10 Å². The summed E-state index contributed by atoms with van der Waals surface area (Å²) >= 11 is 0. The molecule has 4 nitrogen and oxygen atoms in total. The average molecular weight is 292 g/mol. The molecular formula is C18H16N2O2. The van der Waals surface area contributed by atoms with Crippen LogP contribution in [0.4, 0.5) is 0 Å². The quantitative estimate of drug-likeness (QED) is 0.804. The molecule has 22 heavy (non-hydrogen) atoms. The molecule has 0 aliphatic heterocycles. The van der Waals surface area contributed by atoms with Crippen LogP contribution in [0.25, 0.3) is 22.4 Å². The van der Waals surface area contributed by atoms with Crippen molar-refractivity contribution in [1.82, 2.24) is 10.2 Å². The van der Waals surface area contributed by atoms with Crippen LogP contribution in [0.3, 0.4) is 0 Å². The Morgan fingerprint density at radius 3 is 2.23 bits per heavy atom. The molecule has 2 aromatic carbocycles. The first-order valence-electron chi connectivity index (χ1n) is 6.98. The van der Waals surface area contributed by atoms with Crippen LogP contribution in [-0.4, -0.2) is 17.3 Å². The fourth-order valence-electron chi connectivity index (χ4n) is 2.33. The van der Waals surface area contributed by atoms with Gasteiger partial charge in [0.05, 0.1) is 12.8 Å². The Bertz CT molecular complexity index is 834. The average Bonchev–Trinajstić information content (AvgIpc) is 2.56. The lowest BCUT2D eigenvalue weighted by molar-refractivity contribution is 0.415. The molecule has 0 atom stereocenters. The molecule has 0 aliphatic rings. The second-order valence-corrected chi connectivity index (χ2v) is 5.09. The molecule has 0 bridgehead atoms. The summed E-state index contributed by atoms with van der Waals surface area (Å²) in [4.78, 5) is 11.7. The summed E-state index contributed by atoms with van der Waals surface area (Å²) in [6.45, 7) is 2.04. The Hall–Kier alpha value is -2.88. The zero-order valence-corrected chi connectivity index (χ0v) is 12.5. The van der Waals surface area contributed by atoms with Gasteiger partial charge >= 0.3 is 0 Å². The van der Waals surface area contributed by atoms with Crippen LogP contribution in [0.1, 0.15) is 5.56 Å². The predicted octanol–water partition coefficient (Wildman–Crippen LogP) is 3.42. The molecule has 0 amide bonds. The van der Waals surface area contributed by atoms with Crippen molar-refractivity contribution >= 4 is 0 Å². The van der Waals surface area contributed by atoms with Crippen molar-refractivity contribution in [2.75, 3.05) is 7.11 Å². The number of hydrogen-bond donors (Lipinski definition) is 1. The van der Waals surface area contributed by atoms with E-state index in [0.29, 0.717) is 0 Å². The van der Waals surface area contributed by atoms with Crippen molar-refractivity contribution in [3.8, 4) is 28.1 Å². The van der Waals surface area contributed by atoms with Crippen LogP contribution in [0, 0.1) is 6.92 Å². The van der Waals surface area contributed by atoms with E-state index in [-0.39, 0.29) is 5.56 Å². The number of ether oxygens (including phenoxy) is 1. The maximum Gasteiger partial charge on any atom is 0.264 e. The minimum atomic E-state index is -0.221. The Morgan fingerprint density at radius 1 is 0.955 bits per heavy atom. The van der Waals surface area contributed by atoms with Crippen molar-refractivity contribution < 1.29 is 4.74 Å². The van der Waals surface area contributed by atoms with Crippen molar-refractivity contribution in [3.63, 3.8) is 0 Å². The molecule has 1 aromatic heterocycles. The van der Waals surface area contributed by atoms with Crippen LogP contribution < -0.4 is 10.3 Å². The van der Waals surface area contributed by atoms with Crippen LogP contribution in [0.5, 0.6) is 5.75 Å². The summed E-state index contributed by atoms with van der Waals surface area (Å²) in [5, 5.41) is 6.74. The van der Waals surface area contributed by atoms with E-state index >= 15 is 0 Å². The lowest BCUT2D eigenvalue weighted by atomic mass is 9.99. The summed E-state index contributed by atoms with van der Waals surface area (Å²) in [6.07, 6.45) is 0. The summed E-state index contributed by atoms with van der Waals surface area (Å²) < 4.78 is 5.17. The normalized spacial score (nSPS) is 10.5. The summed E-state index contributed by atoms with van der Waals surface area (Å²) in [7, 11) is 1.63. The molecule has 3 rings (SSSR count). The monoisotopic (exact) mass is 292 g/mol. The SMILES string of the molecule is COc1ccc(-c2cc(=O)[nH]nc2-c2ccc(C)cc2)cc1. The molecule has 1 N–H and O–H groups in total. The molecule has 0 radical (unpaired) electrons. The number of aromatic amines is 1. The Balaban J connectivity index is 2.15. The van der Waals surface area contributed by atoms with Gasteiger partial charge in [0.15, 0.2) is 0 Å². The van der Waals surface area contributed by atoms with E-state index in [0.717, 1.165) is 28.1 Å². The minimum Gasteiger partial charge on any atom is -0.497 e. The summed E-state index contributed by atoms with van der Waals surface area (Å²) in [6, 6.07) is 17.2. The van der Waals surface area contributed by atoms with E-state index in [4.69, 9.17) is 4.74 Å². The summed E-state index contributed by atoms with van der Waals surface area (Å²) in [5.74, 6) is 0.776. The number of hydrogen-bond acceptors (Lipinski definition) is 3. The van der Waals surface area contributed by atoms with Gasteiger partial charge in [-0.15, -0.1) is 0 Å². The van der Waals surface area contributed by atoms with Crippen LogP contribution in [0.2, 0.25) is 0 Å². The number of nitrogens with one attached hydrogen (secondary N) is 1. The van der Waals surface area contributed by atoms with Crippen molar-refractivity contribution in [1.29, 1.82) is 0 Å².